The number of hydrogen-bond acceptors (Lipinski definition) is 6. The van der Waals surface area contributed by atoms with Crippen LogP contribution in [-0.4, -0.2) is 31.1 Å². The largest absolute Gasteiger partial charge is 0.340 e. The monoisotopic (exact) mass is 479 g/mol. The molecule has 7 heteroatoms. The van der Waals surface area contributed by atoms with E-state index in [1.54, 1.807) is 22.4 Å². The van der Waals surface area contributed by atoms with E-state index < -0.39 is 0 Å². The molecule has 174 valence electrons. The number of nitrogens with one attached hydrogen (secondary N) is 1. The fourth-order valence-electron chi connectivity index (χ4n) is 3.76. The number of aromatic nitrogens is 4. The number of fused-ring (bicyclic) bond motifs is 2. The molecule has 0 saturated carbocycles. The van der Waals surface area contributed by atoms with Crippen LogP contribution >= 0.6 is 11.8 Å². The molecule has 0 fully saturated rings. The molecule has 3 aromatic carbocycles. The Balaban J connectivity index is 1.31. The molecule has 5 aromatic rings. The first-order valence-electron chi connectivity index (χ1n) is 11.5. The van der Waals surface area contributed by atoms with Crippen molar-refractivity contribution in [1.82, 2.24) is 19.6 Å². The molecule has 5 rings (SSSR count). The Kier molecular flexibility index (Phi) is 6.59. The van der Waals surface area contributed by atoms with Crippen molar-refractivity contribution in [3.8, 4) is 0 Å². The van der Waals surface area contributed by atoms with Crippen LogP contribution in [0.15, 0.2) is 84.0 Å². The zero-order valence-corrected chi connectivity index (χ0v) is 20.4. The second-order valence-electron chi connectivity index (χ2n) is 8.24. The molecule has 2 aromatic heterocycles. The molecule has 2 heterocycles. The highest BCUT2D eigenvalue weighted by molar-refractivity contribution is 7.99. The van der Waals surface area contributed by atoms with Crippen LogP contribution in [0.3, 0.4) is 0 Å². The van der Waals surface area contributed by atoms with Gasteiger partial charge in [0.15, 0.2) is 5.78 Å². The number of allylic oxidation sites excluding steroid dienone is 1. The van der Waals surface area contributed by atoms with Gasteiger partial charge in [-0.25, -0.2) is 4.98 Å². The van der Waals surface area contributed by atoms with Crippen LogP contribution in [0, 0.1) is 6.92 Å². The molecule has 1 N–H and O–H groups in total. The average molecular weight is 480 g/mol. The van der Waals surface area contributed by atoms with E-state index in [0.29, 0.717) is 16.5 Å². The van der Waals surface area contributed by atoms with E-state index in [-0.39, 0.29) is 5.78 Å². The van der Waals surface area contributed by atoms with Crippen molar-refractivity contribution in [3.05, 3.63) is 95.7 Å². The maximum absolute atomic E-state index is 12.7. The van der Waals surface area contributed by atoms with E-state index in [9.17, 15) is 4.79 Å². The summed E-state index contributed by atoms with van der Waals surface area (Å²) in [4.78, 5) is 21.7. The Morgan fingerprint density at radius 3 is 2.60 bits per heavy atom. The van der Waals surface area contributed by atoms with Gasteiger partial charge in [-0.15, -0.1) is 5.10 Å². The van der Waals surface area contributed by atoms with Crippen molar-refractivity contribution in [2.24, 2.45) is 0 Å². The lowest BCUT2D eigenvalue weighted by molar-refractivity contribution is 0.104. The minimum absolute atomic E-state index is 0.0410. The number of carbonyl (C=O) groups is 1. The summed E-state index contributed by atoms with van der Waals surface area (Å²) in [7, 11) is 0. The van der Waals surface area contributed by atoms with Crippen LogP contribution in [-0.2, 0) is 0 Å². The van der Waals surface area contributed by atoms with Gasteiger partial charge in [-0.1, -0.05) is 61.2 Å². The number of rotatable bonds is 8. The van der Waals surface area contributed by atoms with Gasteiger partial charge in [0, 0.05) is 28.8 Å². The predicted octanol–water partition coefficient (Wildman–Crippen LogP) is 6.73. The Morgan fingerprint density at radius 2 is 1.80 bits per heavy atom. The molecule has 0 saturated heterocycles. The average Bonchev–Trinajstić information content (AvgIpc) is 3.29. The smallest absolute Gasteiger partial charge is 0.255 e. The Bertz CT molecular complexity index is 1540. The number of benzene rings is 3. The first-order valence-corrected chi connectivity index (χ1v) is 12.5. The summed E-state index contributed by atoms with van der Waals surface area (Å²) in [5.74, 6) is 2.26. The zero-order chi connectivity index (χ0) is 24.2. The summed E-state index contributed by atoms with van der Waals surface area (Å²) < 4.78 is 1.72. The summed E-state index contributed by atoms with van der Waals surface area (Å²) in [5.41, 5.74) is 3.33. The predicted molar refractivity (Wildman–Crippen MR) is 144 cm³/mol. The third kappa shape index (κ3) is 5.25. The van der Waals surface area contributed by atoms with Crippen molar-refractivity contribution in [2.75, 3.05) is 11.1 Å². The van der Waals surface area contributed by atoms with Crippen molar-refractivity contribution in [3.63, 3.8) is 0 Å². The number of carbonyl (C=O) groups excluding carboxylic acids is 1. The van der Waals surface area contributed by atoms with Crippen LogP contribution in [0.4, 0.5) is 11.5 Å². The second-order valence-corrected chi connectivity index (χ2v) is 9.31. The lowest BCUT2D eigenvalue weighted by Gasteiger charge is -2.09. The molecule has 0 unspecified atom stereocenters. The molecule has 0 aliphatic rings. The van der Waals surface area contributed by atoms with E-state index in [1.807, 2.05) is 61.5 Å². The lowest BCUT2D eigenvalue weighted by Crippen LogP contribution is -2.03. The normalized spacial score (nSPS) is 11.5. The Morgan fingerprint density at radius 1 is 1.00 bits per heavy atom. The van der Waals surface area contributed by atoms with Crippen molar-refractivity contribution < 1.29 is 4.79 Å². The highest BCUT2D eigenvalue weighted by Gasteiger charge is 2.11. The van der Waals surface area contributed by atoms with Gasteiger partial charge in [-0.05, 0) is 66.1 Å². The van der Waals surface area contributed by atoms with Crippen molar-refractivity contribution in [1.29, 1.82) is 0 Å². The third-order valence-corrected chi connectivity index (χ3v) is 6.54. The van der Waals surface area contributed by atoms with Crippen LogP contribution in [0.2, 0.25) is 0 Å². The zero-order valence-electron chi connectivity index (χ0n) is 19.6. The second kappa shape index (κ2) is 10.1. The molecule has 0 aliphatic heterocycles. The number of anilines is 2. The van der Waals surface area contributed by atoms with E-state index in [2.05, 4.69) is 51.6 Å². The molecule has 0 atom stereocenters. The van der Waals surface area contributed by atoms with Crippen molar-refractivity contribution in [2.45, 2.75) is 25.4 Å². The van der Waals surface area contributed by atoms with Gasteiger partial charge in [0.05, 0.1) is 0 Å². The molecular formula is C28H25N5OS. The molecule has 0 bridgehead atoms. The quantitative estimate of drug-likeness (QED) is 0.151. The maximum Gasteiger partial charge on any atom is 0.255 e. The van der Waals surface area contributed by atoms with Gasteiger partial charge in [0.1, 0.15) is 5.82 Å². The van der Waals surface area contributed by atoms with Crippen LogP contribution in [0.25, 0.3) is 22.6 Å². The number of aryl methyl sites for hydroxylation is 1. The highest BCUT2D eigenvalue weighted by Crippen LogP contribution is 2.22. The number of ketones is 1. The molecular weight excluding hydrogens is 454 g/mol. The molecule has 6 nitrogen and oxygen atoms in total. The van der Waals surface area contributed by atoms with E-state index in [4.69, 9.17) is 0 Å². The fraction of sp³-hybridized carbons (Fsp3) is 0.143. The van der Waals surface area contributed by atoms with E-state index >= 15 is 0 Å². The number of nitrogens with zero attached hydrogens (tertiary/aromatic N) is 4. The van der Waals surface area contributed by atoms with E-state index in [0.717, 1.165) is 40.3 Å². The van der Waals surface area contributed by atoms with Gasteiger partial charge >= 0.3 is 0 Å². The van der Waals surface area contributed by atoms with Gasteiger partial charge in [-0.3, -0.25) is 4.79 Å². The third-order valence-electron chi connectivity index (χ3n) is 5.50. The molecule has 0 spiro atoms. The van der Waals surface area contributed by atoms with E-state index in [1.165, 1.54) is 5.39 Å². The van der Waals surface area contributed by atoms with Gasteiger partial charge in [0.2, 0.25) is 5.16 Å². The summed E-state index contributed by atoms with van der Waals surface area (Å²) >= 11 is 1.62. The Labute approximate surface area is 208 Å². The summed E-state index contributed by atoms with van der Waals surface area (Å²) in [6, 6.07) is 23.7. The topological polar surface area (TPSA) is 72.2 Å². The van der Waals surface area contributed by atoms with Gasteiger partial charge < -0.3 is 5.32 Å². The van der Waals surface area contributed by atoms with Crippen LogP contribution in [0.1, 0.15) is 35.0 Å². The number of hydrogen-bond donors (Lipinski definition) is 1. The first kappa shape index (κ1) is 22.8. The molecule has 0 radical (unpaired) electrons. The molecule has 0 amide bonds. The highest BCUT2D eigenvalue weighted by atomic mass is 32.2. The molecule has 35 heavy (non-hydrogen) atoms. The summed E-state index contributed by atoms with van der Waals surface area (Å²) in [6.07, 6.45) is 4.53. The van der Waals surface area contributed by atoms with Gasteiger partial charge in [-0.2, -0.15) is 9.50 Å². The fourth-order valence-corrected chi connectivity index (χ4v) is 4.43. The SMILES string of the molecule is CCCSc1nc2nc(C)cc(Nc3ccc(C(=O)/C=C/c4ccc5ccccc5c4)cc3)n2n1. The number of thioether (sulfide) groups is 1. The standard InChI is InChI=1S/C28H25N5OS/c1-3-16-35-28-31-27-29-19(2)17-26(33(27)32-28)30-24-13-11-22(12-14-24)25(34)15-9-20-8-10-21-6-4-5-7-23(21)18-20/h4-15,17-18,30H,3,16H2,1-2H3/b15-9+. The summed E-state index contributed by atoms with van der Waals surface area (Å²) in [5, 5.41) is 11.0. The minimum Gasteiger partial charge on any atom is -0.340 e. The maximum atomic E-state index is 12.7. The summed E-state index contributed by atoms with van der Waals surface area (Å²) in [6.45, 7) is 4.06. The van der Waals surface area contributed by atoms with Crippen LogP contribution in [0.5, 0.6) is 0 Å². The first-order chi connectivity index (χ1) is 17.1. The Hall–Kier alpha value is -3.97. The minimum atomic E-state index is -0.0410. The lowest BCUT2D eigenvalue weighted by atomic mass is 10.1. The molecule has 0 aliphatic carbocycles. The van der Waals surface area contributed by atoms with Crippen LogP contribution < -0.4 is 5.32 Å². The van der Waals surface area contributed by atoms with Gasteiger partial charge in [0.25, 0.3) is 5.78 Å². The van der Waals surface area contributed by atoms with Crippen molar-refractivity contribution >= 4 is 51.7 Å².